The summed E-state index contributed by atoms with van der Waals surface area (Å²) in [6.07, 6.45) is 4.61. The molecule has 0 unspecified atom stereocenters. The molecule has 37 heavy (non-hydrogen) atoms. The Labute approximate surface area is 211 Å². The largest absolute Gasteiger partial charge is 0.462 e. The summed E-state index contributed by atoms with van der Waals surface area (Å²) in [5, 5.41) is 14.0. The Bertz CT molecular complexity index is 1760. The van der Waals surface area contributed by atoms with Crippen LogP contribution in [0.5, 0.6) is 0 Å². The highest BCUT2D eigenvalue weighted by Gasteiger charge is 2.23. The monoisotopic (exact) mass is 490 g/mol. The number of para-hydroxylation sites is 2. The molecule has 0 radical (unpaired) electrons. The van der Waals surface area contributed by atoms with E-state index in [0.717, 1.165) is 22.2 Å². The van der Waals surface area contributed by atoms with Crippen LogP contribution in [0.3, 0.4) is 0 Å². The number of benzene rings is 2. The summed E-state index contributed by atoms with van der Waals surface area (Å²) in [4.78, 5) is 26.5. The number of ether oxygens (including phenoxy) is 1. The van der Waals surface area contributed by atoms with Gasteiger partial charge in [-0.05, 0) is 43.7 Å². The number of aryl methyl sites for hydroxylation is 1. The maximum absolute atomic E-state index is 12.8. The van der Waals surface area contributed by atoms with E-state index < -0.39 is 5.97 Å². The molecule has 4 aromatic heterocycles. The zero-order chi connectivity index (χ0) is 25.4. The van der Waals surface area contributed by atoms with Crippen molar-refractivity contribution in [3.05, 3.63) is 90.5 Å². The maximum atomic E-state index is 12.8. The van der Waals surface area contributed by atoms with E-state index in [1.165, 1.54) is 12.5 Å². The van der Waals surface area contributed by atoms with Crippen molar-refractivity contribution < 1.29 is 9.53 Å². The van der Waals surface area contributed by atoms with Crippen LogP contribution in [0.4, 0.5) is 11.6 Å². The number of esters is 1. The zero-order valence-corrected chi connectivity index (χ0v) is 20.2. The summed E-state index contributed by atoms with van der Waals surface area (Å²) in [6.45, 7) is 4.01. The van der Waals surface area contributed by atoms with Gasteiger partial charge in [-0.3, -0.25) is 0 Å². The second kappa shape index (κ2) is 9.15. The molecular weight excluding hydrogens is 468 g/mol. The van der Waals surface area contributed by atoms with Crippen LogP contribution in [0.1, 0.15) is 22.8 Å². The van der Waals surface area contributed by atoms with Gasteiger partial charge in [0.15, 0.2) is 17.3 Å². The minimum atomic E-state index is -0.501. The Balaban J connectivity index is 1.49. The molecule has 0 spiro atoms. The molecule has 4 heterocycles. The Morgan fingerprint density at radius 2 is 1.73 bits per heavy atom. The smallest absolute Gasteiger partial charge is 0.343 e. The van der Waals surface area contributed by atoms with E-state index in [1.807, 2.05) is 67.6 Å². The van der Waals surface area contributed by atoms with E-state index in [0.29, 0.717) is 28.5 Å². The first-order chi connectivity index (χ1) is 18.1. The van der Waals surface area contributed by atoms with Gasteiger partial charge in [-0.1, -0.05) is 36.4 Å². The van der Waals surface area contributed by atoms with Crippen LogP contribution < -0.4 is 5.32 Å². The minimum Gasteiger partial charge on any atom is -0.462 e. The van der Waals surface area contributed by atoms with E-state index in [4.69, 9.17) is 9.72 Å². The first-order valence-electron chi connectivity index (χ1n) is 11.8. The molecule has 0 aliphatic heterocycles. The second-order valence-electron chi connectivity index (χ2n) is 8.33. The van der Waals surface area contributed by atoms with Gasteiger partial charge < -0.3 is 10.1 Å². The Morgan fingerprint density at radius 3 is 2.57 bits per heavy atom. The first-order valence-corrected chi connectivity index (χ1v) is 11.8. The Kier molecular flexibility index (Phi) is 5.53. The molecule has 6 rings (SSSR count). The number of carbonyl (C=O) groups excluding carboxylic acids is 1. The number of rotatable bonds is 6. The number of hydrogen-bond acceptors (Lipinski definition) is 8. The third-order valence-electron chi connectivity index (χ3n) is 5.99. The van der Waals surface area contributed by atoms with Crippen molar-refractivity contribution in [1.82, 2.24) is 34.5 Å². The zero-order valence-electron chi connectivity index (χ0n) is 20.2. The fourth-order valence-electron chi connectivity index (χ4n) is 4.25. The van der Waals surface area contributed by atoms with Crippen LogP contribution in [0.15, 0.2) is 79.4 Å². The summed E-state index contributed by atoms with van der Waals surface area (Å²) in [6, 6.07) is 19.5. The van der Waals surface area contributed by atoms with Gasteiger partial charge in [0.05, 0.1) is 35.6 Å². The van der Waals surface area contributed by atoms with Crippen LogP contribution in [-0.4, -0.2) is 47.1 Å². The maximum Gasteiger partial charge on any atom is 0.343 e. The molecule has 0 saturated carbocycles. The molecule has 1 N–H and O–H groups in total. The van der Waals surface area contributed by atoms with Crippen molar-refractivity contribution in [2.75, 3.05) is 11.9 Å². The second-order valence-corrected chi connectivity index (χ2v) is 8.33. The minimum absolute atomic E-state index is 0.235. The molecule has 0 aliphatic rings. The lowest BCUT2D eigenvalue weighted by molar-refractivity contribution is 0.0527. The third-order valence-corrected chi connectivity index (χ3v) is 5.99. The molecule has 10 nitrogen and oxygen atoms in total. The molecule has 0 fully saturated rings. The van der Waals surface area contributed by atoms with Crippen LogP contribution in [0.25, 0.3) is 33.4 Å². The van der Waals surface area contributed by atoms with Gasteiger partial charge in [-0.15, -0.1) is 0 Å². The highest BCUT2D eigenvalue weighted by atomic mass is 16.5. The lowest BCUT2D eigenvalue weighted by atomic mass is 10.1. The molecule has 0 aliphatic carbocycles. The van der Waals surface area contributed by atoms with E-state index in [2.05, 4.69) is 25.5 Å². The number of anilines is 2. The molecule has 0 saturated heterocycles. The highest BCUT2D eigenvalue weighted by molar-refractivity contribution is 5.97. The van der Waals surface area contributed by atoms with Crippen LogP contribution in [0, 0.1) is 6.92 Å². The highest BCUT2D eigenvalue weighted by Crippen LogP contribution is 2.29. The molecule has 10 heteroatoms. The molecule has 182 valence electrons. The Hall–Kier alpha value is -5.12. The average molecular weight is 491 g/mol. The lowest BCUT2D eigenvalue weighted by Gasteiger charge is -2.13. The van der Waals surface area contributed by atoms with Crippen LogP contribution >= 0.6 is 0 Å². The van der Waals surface area contributed by atoms with E-state index in [9.17, 15) is 4.79 Å². The number of carbonyl (C=O) groups is 1. The number of nitrogens with zero attached hydrogens (tertiary/aromatic N) is 7. The number of fused-ring (bicyclic) bond motifs is 2. The number of hydrogen-bond donors (Lipinski definition) is 1. The number of aromatic nitrogens is 7. The SMILES string of the molecule is CCOC(=O)c1cnn(-c2cc(C)c3ccccc3n2)c1Nc1ncnc2c1cnn2-c1ccccc1. The van der Waals surface area contributed by atoms with Crippen molar-refractivity contribution in [3.8, 4) is 11.5 Å². The molecule has 0 bridgehead atoms. The fourth-order valence-corrected chi connectivity index (χ4v) is 4.25. The molecule has 0 amide bonds. The summed E-state index contributed by atoms with van der Waals surface area (Å²) in [5.74, 6) is 0.906. The molecule has 0 atom stereocenters. The average Bonchev–Trinajstić information content (AvgIpc) is 3.55. The van der Waals surface area contributed by atoms with E-state index >= 15 is 0 Å². The Morgan fingerprint density at radius 1 is 0.946 bits per heavy atom. The van der Waals surface area contributed by atoms with Crippen LogP contribution in [0.2, 0.25) is 0 Å². The third kappa shape index (κ3) is 3.94. The van der Waals surface area contributed by atoms with Gasteiger partial charge in [0.1, 0.15) is 17.7 Å². The van der Waals surface area contributed by atoms with Crippen molar-refractivity contribution in [3.63, 3.8) is 0 Å². The number of nitrogens with one attached hydrogen (secondary N) is 1. The van der Waals surface area contributed by atoms with Crippen molar-refractivity contribution >= 4 is 39.5 Å². The first kappa shape index (κ1) is 22.4. The predicted octanol–water partition coefficient (Wildman–Crippen LogP) is 4.78. The molecular formula is C27H22N8O2. The standard InChI is InChI=1S/C27H22N8O2/c1-3-37-27(36)21-15-31-35(23-13-17(2)19-11-7-8-12-22(19)32-23)26(21)33-24-20-14-30-34(25(20)29-16-28-24)18-9-5-4-6-10-18/h4-16H,3H2,1-2H3,(H,28,29,33). The van der Waals surface area contributed by atoms with Gasteiger partial charge in [-0.25, -0.2) is 24.4 Å². The summed E-state index contributed by atoms with van der Waals surface area (Å²) in [5.41, 5.74) is 3.61. The summed E-state index contributed by atoms with van der Waals surface area (Å²) >= 11 is 0. The lowest BCUT2D eigenvalue weighted by Crippen LogP contribution is -2.11. The summed E-state index contributed by atoms with van der Waals surface area (Å²) < 4.78 is 8.62. The van der Waals surface area contributed by atoms with Gasteiger partial charge in [0.2, 0.25) is 0 Å². The van der Waals surface area contributed by atoms with Gasteiger partial charge in [0.25, 0.3) is 0 Å². The summed E-state index contributed by atoms with van der Waals surface area (Å²) in [7, 11) is 0. The van der Waals surface area contributed by atoms with Crippen molar-refractivity contribution in [2.45, 2.75) is 13.8 Å². The number of pyridine rings is 1. The van der Waals surface area contributed by atoms with Gasteiger partial charge in [-0.2, -0.15) is 14.9 Å². The molecule has 6 aromatic rings. The van der Waals surface area contributed by atoms with Crippen molar-refractivity contribution in [2.24, 2.45) is 0 Å². The van der Waals surface area contributed by atoms with Crippen LogP contribution in [-0.2, 0) is 4.74 Å². The predicted molar refractivity (Wildman–Crippen MR) is 140 cm³/mol. The van der Waals surface area contributed by atoms with Crippen molar-refractivity contribution in [1.29, 1.82) is 0 Å². The quantitative estimate of drug-likeness (QED) is 0.332. The van der Waals surface area contributed by atoms with Gasteiger partial charge in [0, 0.05) is 5.39 Å². The fraction of sp³-hybridized carbons (Fsp3) is 0.111. The topological polar surface area (TPSA) is 113 Å². The normalized spacial score (nSPS) is 11.2. The van der Waals surface area contributed by atoms with Gasteiger partial charge >= 0.3 is 5.97 Å². The van der Waals surface area contributed by atoms with E-state index in [1.54, 1.807) is 22.5 Å². The van der Waals surface area contributed by atoms with E-state index in [-0.39, 0.29) is 12.2 Å². The molecule has 2 aromatic carbocycles.